The first kappa shape index (κ1) is 17.0. The molecule has 0 bridgehead atoms. The zero-order chi connectivity index (χ0) is 17.0. The van der Waals surface area contributed by atoms with Crippen LogP contribution in [0.4, 0.5) is 0 Å². The van der Waals surface area contributed by atoms with E-state index in [9.17, 15) is 19.5 Å². The van der Waals surface area contributed by atoms with Crippen molar-refractivity contribution in [3.63, 3.8) is 0 Å². The van der Waals surface area contributed by atoms with Gasteiger partial charge in [0, 0.05) is 13.0 Å². The SMILES string of the molecule is CC(=O)NC(CC(=O)N(C1CC1)C(C)C(=O)O)c1ccccc1. The first-order valence-electron chi connectivity index (χ1n) is 7.76. The number of hydrogen-bond acceptors (Lipinski definition) is 3. The van der Waals surface area contributed by atoms with Gasteiger partial charge in [0.25, 0.3) is 0 Å². The van der Waals surface area contributed by atoms with Crippen molar-refractivity contribution in [3.8, 4) is 0 Å². The summed E-state index contributed by atoms with van der Waals surface area (Å²) in [4.78, 5) is 36.8. The number of carboxylic acid groups (broad SMARTS) is 1. The molecule has 0 spiro atoms. The molecule has 124 valence electrons. The Kier molecular flexibility index (Phi) is 5.36. The van der Waals surface area contributed by atoms with Crippen molar-refractivity contribution in [1.82, 2.24) is 10.2 Å². The molecule has 0 radical (unpaired) electrons. The Bertz CT molecular complexity index is 584. The molecule has 1 fully saturated rings. The number of benzene rings is 1. The van der Waals surface area contributed by atoms with Crippen LogP contribution in [0.3, 0.4) is 0 Å². The van der Waals surface area contributed by atoms with Crippen molar-refractivity contribution in [2.45, 2.75) is 51.2 Å². The molecule has 6 nitrogen and oxygen atoms in total. The van der Waals surface area contributed by atoms with Gasteiger partial charge in [0.1, 0.15) is 6.04 Å². The van der Waals surface area contributed by atoms with E-state index < -0.39 is 18.1 Å². The number of amides is 2. The van der Waals surface area contributed by atoms with Gasteiger partial charge in [0.2, 0.25) is 11.8 Å². The number of nitrogens with one attached hydrogen (secondary N) is 1. The molecule has 1 aliphatic rings. The van der Waals surface area contributed by atoms with Crippen LogP contribution in [0.25, 0.3) is 0 Å². The molecule has 2 rings (SSSR count). The van der Waals surface area contributed by atoms with Crippen LogP contribution < -0.4 is 5.32 Å². The smallest absolute Gasteiger partial charge is 0.326 e. The van der Waals surface area contributed by atoms with Crippen LogP contribution in [0, 0.1) is 0 Å². The summed E-state index contributed by atoms with van der Waals surface area (Å²) >= 11 is 0. The van der Waals surface area contributed by atoms with Crippen molar-refractivity contribution in [3.05, 3.63) is 35.9 Å². The van der Waals surface area contributed by atoms with Gasteiger partial charge in [-0.2, -0.15) is 0 Å². The fourth-order valence-electron chi connectivity index (χ4n) is 2.67. The predicted molar refractivity (Wildman–Crippen MR) is 84.6 cm³/mol. The minimum absolute atomic E-state index is 0.00218. The predicted octanol–water partition coefficient (Wildman–Crippen LogP) is 1.72. The quantitative estimate of drug-likeness (QED) is 0.801. The monoisotopic (exact) mass is 318 g/mol. The van der Waals surface area contributed by atoms with E-state index in [0.29, 0.717) is 0 Å². The molecule has 2 amide bonds. The molecular formula is C17H22N2O4. The van der Waals surface area contributed by atoms with Crippen LogP contribution in [0.5, 0.6) is 0 Å². The van der Waals surface area contributed by atoms with Crippen molar-refractivity contribution >= 4 is 17.8 Å². The summed E-state index contributed by atoms with van der Waals surface area (Å²) < 4.78 is 0. The maximum absolute atomic E-state index is 12.6. The third-order valence-electron chi connectivity index (χ3n) is 3.96. The van der Waals surface area contributed by atoms with Gasteiger partial charge in [-0.05, 0) is 25.3 Å². The lowest BCUT2D eigenvalue weighted by Gasteiger charge is -2.28. The van der Waals surface area contributed by atoms with E-state index in [2.05, 4.69) is 5.32 Å². The van der Waals surface area contributed by atoms with Crippen LogP contribution in [0.1, 0.15) is 44.7 Å². The van der Waals surface area contributed by atoms with Crippen molar-refractivity contribution in [2.75, 3.05) is 0 Å². The Morgan fingerprint density at radius 2 is 1.87 bits per heavy atom. The van der Waals surface area contributed by atoms with Gasteiger partial charge < -0.3 is 15.3 Å². The van der Waals surface area contributed by atoms with Crippen LogP contribution in [-0.4, -0.2) is 39.9 Å². The Morgan fingerprint density at radius 3 is 2.35 bits per heavy atom. The molecule has 1 aliphatic carbocycles. The summed E-state index contributed by atoms with van der Waals surface area (Å²) in [5.74, 6) is -1.48. The molecule has 2 unspecified atom stereocenters. The first-order valence-corrected chi connectivity index (χ1v) is 7.76. The van der Waals surface area contributed by atoms with Gasteiger partial charge in [-0.25, -0.2) is 4.79 Å². The Labute approximate surface area is 135 Å². The van der Waals surface area contributed by atoms with Crippen molar-refractivity contribution in [2.24, 2.45) is 0 Å². The summed E-state index contributed by atoms with van der Waals surface area (Å²) in [7, 11) is 0. The lowest BCUT2D eigenvalue weighted by atomic mass is 10.0. The Balaban J connectivity index is 2.15. The van der Waals surface area contributed by atoms with E-state index >= 15 is 0 Å². The summed E-state index contributed by atoms with van der Waals surface area (Å²) in [5.41, 5.74) is 0.828. The van der Waals surface area contributed by atoms with E-state index in [1.54, 1.807) is 0 Å². The van der Waals surface area contributed by atoms with E-state index in [1.165, 1.54) is 18.7 Å². The number of carbonyl (C=O) groups excluding carboxylic acids is 2. The molecule has 0 saturated heterocycles. The highest BCUT2D eigenvalue weighted by Gasteiger charge is 2.39. The molecule has 0 heterocycles. The lowest BCUT2D eigenvalue weighted by molar-refractivity contribution is -0.150. The van der Waals surface area contributed by atoms with Gasteiger partial charge in [-0.15, -0.1) is 0 Å². The van der Waals surface area contributed by atoms with Crippen molar-refractivity contribution < 1.29 is 19.5 Å². The number of hydrogen-bond donors (Lipinski definition) is 2. The number of carboxylic acids is 1. The zero-order valence-corrected chi connectivity index (χ0v) is 13.4. The molecule has 1 aromatic rings. The molecule has 6 heteroatoms. The summed E-state index contributed by atoms with van der Waals surface area (Å²) in [5, 5.41) is 12.0. The fraction of sp³-hybridized carbons (Fsp3) is 0.471. The summed E-state index contributed by atoms with van der Waals surface area (Å²) in [6, 6.07) is 7.92. The minimum atomic E-state index is -1.01. The zero-order valence-electron chi connectivity index (χ0n) is 13.4. The maximum Gasteiger partial charge on any atom is 0.326 e. The van der Waals surface area contributed by atoms with E-state index in [0.717, 1.165) is 18.4 Å². The molecule has 23 heavy (non-hydrogen) atoms. The number of rotatable bonds is 7. The average molecular weight is 318 g/mol. The number of aliphatic carboxylic acids is 1. The van der Waals surface area contributed by atoms with Gasteiger partial charge in [0.05, 0.1) is 12.5 Å². The minimum Gasteiger partial charge on any atom is -0.480 e. The van der Waals surface area contributed by atoms with E-state index in [-0.39, 0.29) is 24.3 Å². The van der Waals surface area contributed by atoms with Crippen LogP contribution in [0.15, 0.2) is 30.3 Å². The normalized spacial score (nSPS) is 16.3. The topological polar surface area (TPSA) is 86.7 Å². The Hall–Kier alpha value is -2.37. The van der Waals surface area contributed by atoms with Gasteiger partial charge in [-0.3, -0.25) is 9.59 Å². The second-order valence-electron chi connectivity index (χ2n) is 5.91. The fourth-order valence-corrected chi connectivity index (χ4v) is 2.67. The van der Waals surface area contributed by atoms with Gasteiger partial charge in [0.15, 0.2) is 0 Å². The summed E-state index contributed by atoms with van der Waals surface area (Å²) in [6.45, 7) is 2.92. The highest BCUT2D eigenvalue weighted by Crippen LogP contribution is 2.30. The van der Waals surface area contributed by atoms with Crippen LogP contribution in [0.2, 0.25) is 0 Å². The molecule has 1 saturated carbocycles. The van der Waals surface area contributed by atoms with Crippen LogP contribution >= 0.6 is 0 Å². The lowest BCUT2D eigenvalue weighted by Crippen LogP contribution is -2.46. The van der Waals surface area contributed by atoms with Crippen molar-refractivity contribution in [1.29, 1.82) is 0 Å². The molecule has 1 aromatic carbocycles. The maximum atomic E-state index is 12.6. The number of carbonyl (C=O) groups is 3. The third-order valence-corrected chi connectivity index (χ3v) is 3.96. The second-order valence-corrected chi connectivity index (χ2v) is 5.91. The molecule has 2 atom stereocenters. The van der Waals surface area contributed by atoms with Gasteiger partial charge >= 0.3 is 5.97 Å². The largest absolute Gasteiger partial charge is 0.480 e. The molecule has 0 aromatic heterocycles. The highest BCUT2D eigenvalue weighted by atomic mass is 16.4. The molecule has 0 aliphatic heterocycles. The van der Waals surface area contributed by atoms with Gasteiger partial charge in [-0.1, -0.05) is 30.3 Å². The Morgan fingerprint density at radius 1 is 1.26 bits per heavy atom. The van der Waals surface area contributed by atoms with Crippen LogP contribution in [-0.2, 0) is 14.4 Å². The first-order chi connectivity index (χ1) is 10.9. The molecule has 2 N–H and O–H groups in total. The molecular weight excluding hydrogens is 296 g/mol. The number of nitrogens with zero attached hydrogens (tertiary/aromatic N) is 1. The standard InChI is InChI=1S/C17H22N2O4/c1-11(17(22)23)19(14-8-9-14)16(21)10-15(18-12(2)20)13-6-4-3-5-7-13/h3-7,11,14-15H,8-10H2,1-2H3,(H,18,20)(H,22,23). The summed E-state index contributed by atoms with van der Waals surface area (Å²) in [6.07, 6.45) is 1.72. The second kappa shape index (κ2) is 7.26. The average Bonchev–Trinajstić information content (AvgIpc) is 3.31. The third kappa shape index (κ3) is 4.55. The highest BCUT2D eigenvalue weighted by molar-refractivity contribution is 5.85. The van der Waals surface area contributed by atoms with E-state index in [1.807, 2.05) is 30.3 Å². The van der Waals surface area contributed by atoms with E-state index in [4.69, 9.17) is 0 Å².